The van der Waals surface area contributed by atoms with Crippen LogP contribution in [-0.2, 0) is 11.8 Å². The topological polar surface area (TPSA) is 87.7 Å². The second-order valence-corrected chi connectivity index (χ2v) is 9.30. The van der Waals surface area contributed by atoms with E-state index in [1.807, 2.05) is 42.0 Å². The van der Waals surface area contributed by atoms with Gasteiger partial charge < -0.3 is 14.2 Å². The molecule has 2 amide bonds. The van der Waals surface area contributed by atoms with Gasteiger partial charge >= 0.3 is 0 Å². The van der Waals surface area contributed by atoms with Crippen molar-refractivity contribution >= 4 is 22.8 Å². The number of furan rings is 1. The number of aryl methyl sites for hydroxylation is 2. The van der Waals surface area contributed by atoms with Gasteiger partial charge in [0.15, 0.2) is 11.4 Å². The summed E-state index contributed by atoms with van der Waals surface area (Å²) in [4.78, 5) is 37.2. The van der Waals surface area contributed by atoms with E-state index in [0.29, 0.717) is 55.4 Å². The highest BCUT2D eigenvalue weighted by Gasteiger charge is 2.28. The minimum Gasteiger partial charge on any atom is -0.463 e. The zero-order valence-corrected chi connectivity index (χ0v) is 20.0. The number of piperazine rings is 1. The van der Waals surface area contributed by atoms with E-state index in [-0.39, 0.29) is 11.8 Å². The molecule has 180 valence electrons. The molecule has 0 radical (unpaired) electrons. The number of hydrogen-bond donors (Lipinski definition) is 0. The van der Waals surface area contributed by atoms with Crippen molar-refractivity contribution in [2.45, 2.75) is 32.6 Å². The molecule has 9 heteroatoms. The first kappa shape index (κ1) is 22.6. The predicted molar refractivity (Wildman–Crippen MR) is 128 cm³/mol. The fourth-order valence-electron chi connectivity index (χ4n) is 5.05. The van der Waals surface area contributed by atoms with E-state index in [9.17, 15) is 9.59 Å². The van der Waals surface area contributed by atoms with E-state index in [0.717, 1.165) is 37.0 Å². The Morgan fingerprint density at radius 3 is 2.41 bits per heavy atom. The molecule has 2 saturated heterocycles. The Kier molecular flexibility index (Phi) is 6.36. The molecule has 2 aliphatic rings. The summed E-state index contributed by atoms with van der Waals surface area (Å²) in [5, 5.41) is 5.28. The van der Waals surface area contributed by atoms with E-state index >= 15 is 0 Å². The van der Waals surface area contributed by atoms with Crippen LogP contribution in [0.1, 0.15) is 41.7 Å². The lowest BCUT2D eigenvalue weighted by Crippen LogP contribution is -2.51. The quantitative estimate of drug-likeness (QED) is 0.590. The molecule has 3 aromatic heterocycles. The summed E-state index contributed by atoms with van der Waals surface area (Å²) in [6.07, 6.45) is 6.23. The van der Waals surface area contributed by atoms with Gasteiger partial charge in [0.2, 0.25) is 5.91 Å². The van der Waals surface area contributed by atoms with Gasteiger partial charge in [-0.15, -0.1) is 0 Å². The maximum Gasteiger partial charge on any atom is 0.254 e. The van der Waals surface area contributed by atoms with Crippen LogP contribution in [0.15, 0.2) is 28.9 Å². The van der Waals surface area contributed by atoms with Crippen LogP contribution in [-0.4, -0.2) is 87.1 Å². The monoisotopic (exact) mass is 464 g/mol. The SMILES string of the molecule is Cc1nn(C)c2nc(-c3ccco3)cc(C(=O)N3CCN(CC(=O)N4CCCCCC4)CC3)c12. The smallest absolute Gasteiger partial charge is 0.254 e. The summed E-state index contributed by atoms with van der Waals surface area (Å²) < 4.78 is 7.25. The first-order chi connectivity index (χ1) is 16.5. The molecule has 0 saturated carbocycles. The lowest BCUT2D eigenvalue weighted by molar-refractivity contribution is -0.132. The van der Waals surface area contributed by atoms with Crippen molar-refractivity contribution in [1.82, 2.24) is 29.5 Å². The molecule has 0 atom stereocenters. The first-order valence-corrected chi connectivity index (χ1v) is 12.2. The normalized spacial score (nSPS) is 17.8. The Morgan fingerprint density at radius 2 is 1.74 bits per heavy atom. The fraction of sp³-hybridized carbons (Fsp3) is 0.520. The fourth-order valence-corrected chi connectivity index (χ4v) is 5.05. The number of carbonyl (C=O) groups is 2. The Bertz CT molecular complexity index is 1170. The van der Waals surface area contributed by atoms with Crippen molar-refractivity contribution in [3.63, 3.8) is 0 Å². The van der Waals surface area contributed by atoms with Crippen LogP contribution in [0.25, 0.3) is 22.5 Å². The molecular formula is C25H32N6O3. The molecule has 3 aromatic rings. The zero-order valence-electron chi connectivity index (χ0n) is 20.0. The van der Waals surface area contributed by atoms with E-state index in [4.69, 9.17) is 9.40 Å². The van der Waals surface area contributed by atoms with E-state index in [1.54, 1.807) is 10.9 Å². The van der Waals surface area contributed by atoms with Crippen molar-refractivity contribution in [2.24, 2.45) is 7.05 Å². The van der Waals surface area contributed by atoms with Gasteiger partial charge in [0.1, 0.15) is 5.69 Å². The number of amides is 2. The highest BCUT2D eigenvalue weighted by atomic mass is 16.3. The summed E-state index contributed by atoms with van der Waals surface area (Å²) in [5.74, 6) is 0.799. The Labute approximate surface area is 199 Å². The molecule has 0 bridgehead atoms. The first-order valence-electron chi connectivity index (χ1n) is 12.2. The van der Waals surface area contributed by atoms with Gasteiger partial charge in [-0.05, 0) is 38.0 Å². The van der Waals surface area contributed by atoms with Gasteiger partial charge in [0.25, 0.3) is 5.91 Å². The number of fused-ring (bicyclic) bond motifs is 1. The number of likely N-dealkylation sites (tertiary alicyclic amines) is 1. The summed E-state index contributed by atoms with van der Waals surface area (Å²) in [5.41, 5.74) is 2.65. The number of rotatable bonds is 4. The molecule has 5 heterocycles. The van der Waals surface area contributed by atoms with Crippen LogP contribution in [0, 0.1) is 6.92 Å². The molecule has 2 aliphatic heterocycles. The average molecular weight is 465 g/mol. The van der Waals surface area contributed by atoms with Crippen molar-refractivity contribution in [2.75, 3.05) is 45.8 Å². The van der Waals surface area contributed by atoms with Crippen molar-refractivity contribution < 1.29 is 14.0 Å². The minimum absolute atomic E-state index is 0.0326. The van der Waals surface area contributed by atoms with E-state index in [1.165, 1.54) is 12.8 Å². The van der Waals surface area contributed by atoms with Crippen LogP contribution in [0.4, 0.5) is 0 Å². The Morgan fingerprint density at radius 1 is 1.00 bits per heavy atom. The largest absolute Gasteiger partial charge is 0.463 e. The third-order valence-corrected chi connectivity index (χ3v) is 6.95. The minimum atomic E-state index is -0.0326. The molecule has 2 fully saturated rings. The van der Waals surface area contributed by atoms with E-state index < -0.39 is 0 Å². The van der Waals surface area contributed by atoms with Crippen LogP contribution in [0.5, 0.6) is 0 Å². The Hall–Kier alpha value is -3.20. The molecule has 0 aliphatic carbocycles. The number of carbonyl (C=O) groups excluding carboxylic acids is 2. The van der Waals surface area contributed by atoms with Crippen LogP contribution in [0.3, 0.4) is 0 Å². The van der Waals surface area contributed by atoms with Gasteiger partial charge in [-0.3, -0.25) is 19.2 Å². The molecule has 0 N–H and O–H groups in total. The van der Waals surface area contributed by atoms with Crippen molar-refractivity contribution in [3.05, 3.63) is 35.7 Å². The molecule has 0 spiro atoms. The maximum atomic E-state index is 13.6. The number of pyridine rings is 1. The number of aromatic nitrogens is 3. The zero-order chi connectivity index (χ0) is 23.7. The maximum absolute atomic E-state index is 13.6. The Balaban J connectivity index is 1.31. The van der Waals surface area contributed by atoms with Crippen molar-refractivity contribution in [1.29, 1.82) is 0 Å². The summed E-state index contributed by atoms with van der Waals surface area (Å²) >= 11 is 0. The highest BCUT2D eigenvalue weighted by Crippen LogP contribution is 2.28. The standard InChI is InChI=1S/C25H32N6O3/c1-18-23-19(16-20(21-8-7-15-34-21)26-24(23)28(2)27-18)25(33)31-13-11-29(12-14-31)17-22(32)30-9-5-3-4-6-10-30/h7-8,15-16H,3-6,9-14,17H2,1-2H3. The summed E-state index contributed by atoms with van der Waals surface area (Å²) in [7, 11) is 1.84. The molecule has 0 aromatic carbocycles. The third kappa shape index (κ3) is 4.44. The van der Waals surface area contributed by atoms with Crippen LogP contribution >= 0.6 is 0 Å². The van der Waals surface area contributed by atoms with Crippen LogP contribution < -0.4 is 0 Å². The van der Waals surface area contributed by atoms with Gasteiger partial charge in [-0.2, -0.15) is 5.10 Å². The lowest BCUT2D eigenvalue weighted by Gasteiger charge is -2.35. The van der Waals surface area contributed by atoms with E-state index in [2.05, 4.69) is 10.00 Å². The van der Waals surface area contributed by atoms with Gasteiger partial charge in [-0.1, -0.05) is 12.8 Å². The average Bonchev–Trinajstić information content (AvgIpc) is 3.38. The third-order valence-electron chi connectivity index (χ3n) is 6.95. The molecule has 5 rings (SSSR count). The van der Waals surface area contributed by atoms with Crippen LogP contribution in [0.2, 0.25) is 0 Å². The predicted octanol–water partition coefficient (Wildman–Crippen LogP) is 2.70. The van der Waals surface area contributed by atoms with Gasteiger partial charge in [-0.25, -0.2) is 4.98 Å². The van der Waals surface area contributed by atoms with Gasteiger partial charge in [0, 0.05) is 46.3 Å². The number of nitrogens with zero attached hydrogens (tertiary/aromatic N) is 6. The molecule has 0 unspecified atom stereocenters. The summed E-state index contributed by atoms with van der Waals surface area (Å²) in [6.45, 7) is 6.64. The second-order valence-electron chi connectivity index (χ2n) is 9.30. The molecular weight excluding hydrogens is 432 g/mol. The summed E-state index contributed by atoms with van der Waals surface area (Å²) in [6, 6.07) is 5.46. The van der Waals surface area contributed by atoms with Gasteiger partial charge in [0.05, 0.1) is 29.5 Å². The molecule has 9 nitrogen and oxygen atoms in total. The second kappa shape index (κ2) is 9.58. The lowest BCUT2D eigenvalue weighted by atomic mass is 10.1. The molecule has 34 heavy (non-hydrogen) atoms. The number of hydrogen-bond acceptors (Lipinski definition) is 6. The van der Waals surface area contributed by atoms with Crippen molar-refractivity contribution in [3.8, 4) is 11.5 Å². The highest BCUT2D eigenvalue weighted by molar-refractivity contribution is 6.07.